The zero-order valence-electron chi connectivity index (χ0n) is 13.7. The Bertz CT molecular complexity index is 738. The molecule has 130 valence electrons. The molecule has 2 aliphatic rings. The Morgan fingerprint density at radius 3 is 2.68 bits per heavy atom. The molecule has 2 fully saturated rings. The van der Waals surface area contributed by atoms with Gasteiger partial charge in [-0.2, -0.15) is 0 Å². The van der Waals surface area contributed by atoms with Crippen molar-refractivity contribution in [2.24, 2.45) is 0 Å². The summed E-state index contributed by atoms with van der Waals surface area (Å²) in [4.78, 5) is 16.9. The number of pyridine rings is 1. The molecular formula is C19H20FN3O2. The Kier molecular flexibility index (Phi) is 4.36. The first-order chi connectivity index (χ1) is 12.2. The van der Waals surface area contributed by atoms with Crippen LogP contribution in [-0.4, -0.2) is 29.3 Å². The van der Waals surface area contributed by atoms with E-state index in [0.29, 0.717) is 5.69 Å². The average Bonchev–Trinajstić information content (AvgIpc) is 3.24. The smallest absolute Gasteiger partial charge is 0.315 e. The van der Waals surface area contributed by atoms with Crippen LogP contribution in [-0.2, 0) is 4.74 Å². The first-order valence-electron chi connectivity index (χ1n) is 8.58. The molecular weight excluding hydrogens is 321 g/mol. The van der Waals surface area contributed by atoms with Gasteiger partial charge in [0.2, 0.25) is 0 Å². The summed E-state index contributed by atoms with van der Waals surface area (Å²) in [6.45, 7) is 0. The maximum atomic E-state index is 13.2. The van der Waals surface area contributed by atoms with E-state index in [1.54, 1.807) is 18.3 Å². The summed E-state index contributed by atoms with van der Waals surface area (Å²) in [6, 6.07) is 11.0. The van der Waals surface area contributed by atoms with Crippen LogP contribution in [0.4, 0.5) is 9.18 Å². The van der Waals surface area contributed by atoms with Gasteiger partial charge in [-0.1, -0.05) is 18.2 Å². The first-order valence-corrected chi connectivity index (χ1v) is 8.58. The Morgan fingerprint density at radius 1 is 1.20 bits per heavy atom. The van der Waals surface area contributed by atoms with Crippen LogP contribution in [0.3, 0.4) is 0 Å². The second-order valence-corrected chi connectivity index (χ2v) is 6.57. The highest BCUT2D eigenvalue weighted by Crippen LogP contribution is 2.34. The predicted octanol–water partition coefficient (Wildman–Crippen LogP) is 2.93. The van der Waals surface area contributed by atoms with Crippen molar-refractivity contribution in [3.8, 4) is 0 Å². The maximum Gasteiger partial charge on any atom is 0.315 e. The topological polar surface area (TPSA) is 63.2 Å². The SMILES string of the molecule is O=C(NC(c1ccc(F)cc1)c1ccccn1)NC1CC2CCC1O2. The van der Waals surface area contributed by atoms with Crippen molar-refractivity contribution in [2.45, 2.75) is 43.6 Å². The van der Waals surface area contributed by atoms with E-state index in [1.165, 1.54) is 12.1 Å². The van der Waals surface area contributed by atoms with Crippen molar-refractivity contribution in [1.29, 1.82) is 0 Å². The molecule has 1 aromatic carbocycles. The minimum absolute atomic E-state index is 0.0522. The molecule has 0 radical (unpaired) electrons. The number of rotatable bonds is 4. The van der Waals surface area contributed by atoms with E-state index in [2.05, 4.69) is 15.6 Å². The van der Waals surface area contributed by atoms with Gasteiger partial charge in [0.15, 0.2) is 0 Å². The number of hydrogen-bond donors (Lipinski definition) is 2. The van der Waals surface area contributed by atoms with E-state index in [9.17, 15) is 9.18 Å². The van der Waals surface area contributed by atoms with Crippen molar-refractivity contribution in [2.75, 3.05) is 0 Å². The molecule has 1 aromatic heterocycles. The molecule has 2 bridgehead atoms. The molecule has 4 rings (SSSR count). The van der Waals surface area contributed by atoms with Crippen LogP contribution >= 0.6 is 0 Å². The molecule has 25 heavy (non-hydrogen) atoms. The van der Waals surface area contributed by atoms with Crippen molar-refractivity contribution < 1.29 is 13.9 Å². The van der Waals surface area contributed by atoms with Crippen molar-refractivity contribution in [1.82, 2.24) is 15.6 Å². The Hall–Kier alpha value is -2.47. The molecule has 6 heteroatoms. The highest BCUT2D eigenvalue weighted by Gasteiger charge is 2.41. The van der Waals surface area contributed by atoms with Crippen LogP contribution in [0.15, 0.2) is 48.7 Å². The lowest BCUT2D eigenvalue weighted by atomic mass is 9.96. The Morgan fingerprint density at radius 2 is 2.04 bits per heavy atom. The van der Waals surface area contributed by atoms with Crippen LogP contribution in [0.1, 0.15) is 36.6 Å². The van der Waals surface area contributed by atoms with Gasteiger partial charge in [0.05, 0.1) is 30.0 Å². The largest absolute Gasteiger partial charge is 0.373 e. The summed E-state index contributed by atoms with van der Waals surface area (Å²) in [5.41, 5.74) is 1.48. The number of fused-ring (bicyclic) bond motifs is 2. The number of nitrogens with one attached hydrogen (secondary N) is 2. The zero-order chi connectivity index (χ0) is 17.2. The van der Waals surface area contributed by atoms with Gasteiger partial charge in [-0.05, 0) is 49.1 Å². The molecule has 2 aromatic rings. The fourth-order valence-corrected chi connectivity index (χ4v) is 3.66. The van der Waals surface area contributed by atoms with Crippen LogP contribution in [0.25, 0.3) is 0 Å². The van der Waals surface area contributed by atoms with Crippen LogP contribution in [0.5, 0.6) is 0 Å². The van der Waals surface area contributed by atoms with Gasteiger partial charge in [0.1, 0.15) is 5.82 Å². The van der Waals surface area contributed by atoms with Gasteiger partial charge in [-0.15, -0.1) is 0 Å². The van der Waals surface area contributed by atoms with E-state index in [-0.39, 0.29) is 30.1 Å². The van der Waals surface area contributed by atoms with E-state index in [4.69, 9.17) is 4.74 Å². The number of aromatic nitrogens is 1. The number of nitrogens with zero attached hydrogens (tertiary/aromatic N) is 1. The quantitative estimate of drug-likeness (QED) is 0.899. The molecule has 0 spiro atoms. The van der Waals surface area contributed by atoms with E-state index < -0.39 is 6.04 Å². The van der Waals surface area contributed by atoms with Crippen LogP contribution in [0, 0.1) is 5.82 Å². The monoisotopic (exact) mass is 341 g/mol. The molecule has 0 aliphatic carbocycles. The van der Waals surface area contributed by atoms with Gasteiger partial charge >= 0.3 is 6.03 Å². The normalized spacial score (nSPS) is 25.6. The summed E-state index contributed by atoms with van der Waals surface area (Å²) in [6.07, 6.45) is 5.01. The Balaban J connectivity index is 1.50. The second-order valence-electron chi connectivity index (χ2n) is 6.57. The number of urea groups is 1. The van der Waals surface area contributed by atoms with E-state index in [1.807, 2.05) is 18.2 Å². The maximum absolute atomic E-state index is 13.2. The lowest BCUT2D eigenvalue weighted by molar-refractivity contribution is 0.0980. The van der Waals surface area contributed by atoms with Crippen molar-refractivity contribution in [3.63, 3.8) is 0 Å². The number of carbonyl (C=O) groups is 1. The van der Waals surface area contributed by atoms with Gasteiger partial charge in [0, 0.05) is 6.20 Å². The van der Waals surface area contributed by atoms with Gasteiger partial charge in [-0.25, -0.2) is 9.18 Å². The van der Waals surface area contributed by atoms with E-state index in [0.717, 1.165) is 24.8 Å². The third-order valence-electron chi connectivity index (χ3n) is 4.88. The highest BCUT2D eigenvalue weighted by molar-refractivity contribution is 5.75. The molecule has 5 nitrogen and oxygen atoms in total. The first kappa shape index (κ1) is 16.0. The predicted molar refractivity (Wildman–Crippen MR) is 90.4 cm³/mol. The molecule has 2 saturated heterocycles. The minimum Gasteiger partial charge on any atom is -0.373 e. The summed E-state index contributed by atoms with van der Waals surface area (Å²) in [5, 5.41) is 5.98. The van der Waals surface area contributed by atoms with Crippen molar-refractivity contribution in [3.05, 3.63) is 65.7 Å². The molecule has 3 heterocycles. The molecule has 0 saturated carbocycles. The number of amides is 2. The third kappa shape index (κ3) is 3.49. The third-order valence-corrected chi connectivity index (χ3v) is 4.88. The zero-order valence-corrected chi connectivity index (χ0v) is 13.7. The number of ether oxygens (including phenoxy) is 1. The summed E-state index contributed by atoms with van der Waals surface area (Å²) >= 11 is 0. The minimum atomic E-state index is -0.443. The lowest BCUT2D eigenvalue weighted by Crippen LogP contribution is -2.47. The van der Waals surface area contributed by atoms with Crippen LogP contribution < -0.4 is 10.6 Å². The Labute approximate surface area is 145 Å². The van der Waals surface area contributed by atoms with Gasteiger partial charge in [0.25, 0.3) is 0 Å². The van der Waals surface area contributed by atoms with Crippen molar-refractivity contribution >= 4 is 6.03 Å². The number of carbonyl (C=O) groups excluding carboxylic acids is 1. The van der Waals surface area contributed by atoms with Crippen LogP contribution in [0.2, 0.25) is 0 Å². The summed E-state index contributed by atoms with van der Waals surface area (Å²) < 4.78 is 19.0. The average molecular weight is 341 g/mol. The molecule has 4 unspecified atom stereocenters. The molecule has 2 amide bonds. The molecule has 2 aliphatic heterocycles. The number of benzene rings is 1. The van der Waals surface area contributed by atoms with Gasteiger partial charge < -0.3 is 15.4 Å². The highest BCUT2D eigenvalue weighted by atomic mass is 19.1. The molecule has 4 atom stereocenters. The fourth-order valence-electron chi connectivity index (χ4n) is 3.66. The second kappa shape index (κ2) is 6.80. The lowest BCUT2D eigenvalue weighted by Gasteiger charge is -2.23. The molecule has 2 N–H and O–H groups in total. The number of hydrogen-bond acceptors (Lipinski definition) is 3. The van der Waals surface area contributed by atoms with E-state index >= 15 is 0 Å². The summed E-state index contributed by atoms with van der Waals surface area (Å²) in [5.74, 6) is -0.313. The fraction of sp³-hybridized carbons (Fsp3) is 0.368. The number of halogens is 1. The van der Waals surface area contributed by atoms with Gasteiger partial charge in [-0.3, -0.25) is 4.98 Å². The summed E-state index contributed by atoms with van der Waals surface area (Å²) in [7, 11) is 0. The standard InChI is InChI=1S/C19H20FN3O2/c20-13-6-4-12(5-7-13)18(15-3-1-2-10-21-15)23-19(24)22-16-11-14-8-9-17(16)25-14/h1-7,10,14,16-18H,8-9,11H2,(H2,22,23,24).